The summed E-state index contributed by atoms with van der Waals surface area (Å²) < 4.78 is 34.3. The molecule has 3 amide bonds. The number of anilines is 1. The van der Waals surface area contributed by atoms with Gasteiger partial charge in [0.1, 0.15) is 28.1 Å². The number of carboxylic acids is 1. The number of halogens is 1. The molecule has 224 valence electrons. The number of carbonyl (C=O) groups excluding carboxylic acids is 3. The zero-order valence-electron chi connectivity index (χ0n) is 23.3. The van der Waals surface area contributed by atoms with E-state index < -0.39 is 34.6 Å². The molecule has 0 saturated heterocycles. The van der Waals surface area contributed by atoms with E-state index in [9.17, 15) is 27.8 Å². The lowest BCUT2D eigenvalue weighted by Gasteiger charge is -2.24. The summed E-state index contributed by atoms with van der Waals surface area (Å²) in [4.78, 5) is 47.6. The molecule has 1 aliphatic rings. The van der Waals surface area contributed by atoms with Gasteiger partial charge in [-0.25, -0.2) is 8.60 Å². The molecule has 0 spiro atoms. The van der Waals surface area contributed by atoms with Crippen molar-refractivity contribution in [2.45, 2.75) is 38.0 Å². The monoisotopic (exact) mass is 600 g/mol. The molecule has 1 heterocycles. The highest BCUT2D eigenvalue weighted by molar-refractivity contribution is 7.85. The fourth-order valence-electron chi connectivity index (χ4n) is 4.66. The summed E-state index contributed by atoms with van der Waals surface area (Å²) >= 11 is 0. The Balaban J connectivity index is 1.54. The van der Waals surface area contributed by atoms with E-state index in [1.807, 2.05) is 6.07 Å². The number of amides is 3. The third kappa shape index (κ3) is 7.52. The van der Waals surface area contributed by atoms with Crippen LogP contribution < -0.4 is 20.3 Å². The summed E-state index contributed by atoms with van der Waals surface area (Å²) in [6.07, 6.45) is 3.46. The second-order valence-electron chi connectivity index (χ2n) is 9.97. The molecule has 1 saturated carbocycles. The Morgan fingerprint density at radius 2 is 1.79 bits per heavy atom. The van der Waals surface area contributed by atoms with Gasteiger partial charge in [0.15, 0.2) is 0 Å². The molecule has 11 nitrogen and oxygen atoms in total. The fraction of sp³-hybridized carbons (Fsp3) is 0.379. The molecule has 1 aromatic heterocycles. The number of nitrogens with one attached hydrogen (secondary N) is 3. The van der Waals surface area contributed by atoms with Gasteiger partial charge in [-0.05, 0) is 61.1 Å². The Morgan fingerprint density at radius 1 is 1.07 bits per heavy atom. The second kappa shape index (κ2) is 13.6. The minimum absolute atomic E-state index is 0.00583. The summed E-state index contributed by atoms with van der Waals surface area (Å²) in [5.74, 6) is -2.11. The first-order chi connectivity index (χ1) is 20.1. The van der Waals surface area contributed by atoms with Gasteiger partial charge in [0, 0.05) is 56.3 Å². The fourth-order valence-corrected chi connectivity index (χ4v) is 5.44. The van der Waals surface area contributed by atoms with Crippen molar-refractivity contribution in [3.63, 3.8) is 0 Å². The average Bonchev–Trinajstić information content (AvgIpc) is 3.73. The van der Waals surface area contributed by atoms with E-state index in [0.717, 1.165) is 18.4 Å². The zero-order valence-corrected chi connectivity index (χ0v) is 24.1. The molecule has 4 rings (SSSR count). The molecule has 1 aliphatic carbocycles. The first-order valence-corrected chi connectivity index (χ1v) is 15.0. The van der Waals surface area contributed by atoms with E-state index in [4.69, 9.17) is 9.52 Å². The highest BCUT2D eigenvalue weighted by Gasteiger charge is 2.32. The van der Waals surface area contributed by atoms with Gasteiger partial charge in [-0.15, -0.1) is 0 Å². The first-order valence-electron chi connectivity index (χ1n) is 13.5. The van der Waals surface area contributed by atoms with Crippen molar-refractivity contribution in [2.24, 2.45) is 0 Å². The maximum atomic E-state index is 13.6. The van der Waals surface area contributed by atoms with Crippen molar-refractivity contribution in [3.8, 4) is 11.3 Å². The number of carboxylic acid groups (broad SMARTS) is 1. The van der Waals surface area contributed by atoms with E-state index >= 15 is 0 Å². The third-order valence-electron chi connectivity index (χ3n) is 6.87. The zero-order chi connectivity index (χ0) is 30.4. The smallest absolute Gasteiger partial charge is 0.303 e. The molecule has 3 aromatic rings. The lowest BCUT2D eigenvalue weighted by Crippen LogP contribution is -2.41. The number of hydrogen-bond acceptors (Lipinski definition) is 6. The number of fused-ring (bicyclic) bond motifs is 1. The number of nitrogens with zero attached hydrogens (tertiary/aromatic N) is 1. The number of aliphatic carboxylic acids is 1. The van der Waals surface area contributed by atoms with E-state index in [1.54, 1.807) is 10.4 Å². The predicted octanol–water partition coefficient (Wildman–Crippen LogP) is 3.06. The van der Waals surface area contributed by atoms with E-state index in [0.29, 0.717) is 33.5 Å². The van der Waals surface area contributed by atoms with Crippen LogP contribution in [-0.2, 0) is 25.4 Å². The Hall–Kier alpha value is -4.26. The maximum absolute atomic E-state index is 13.6. The minimum Gasteiger partial charge on any atom is -0.481 e. The molecule has 42 heavy (non-hydrogen) atoms. The van der Waals surface area contributed by atoms with Crippen molar-refractivity contribution < 1.29 is 37.3 Å². The lowest BCUT2D eigenvalue weighted by molar-refractivity contribution is -0.137. The predicted molar refractivity (Wildman–Crippen MR) is 156 cm³/mol. The van der Waals surface area contributed by atoms with Crippen LogP contribution in [-0.4, -0.2) is 65.9 Å². The molecule has 0 radical (unpaired) electrons. The molecule has 0 bridgehead atoms. The number of benzene rings is 2. The normalized spacial score (nSPS) is 13.4. The standard InChI is InChI=1S/C29H33FN4O7S/c1-31-29(39)27-21-14-20(17-6-7-17)22(15-23(21)41-28(27)18-8-10-19(30)11-9-18)34(42(2)40)13-12-32-25(36)16-33-24(35)4-3-5-26(37)38/h8-11,14-15,17H,3-7,12-13,16H2,1-2H3,(H,31,39)(H,32,36)(H,33,35)(H,37,38). The average molecular weight is 601 g/mol. The molecule has 13 heteroatoms. The van der Waals surface area contributed by atoms with Crippen LogP contribution in [0, 0.1) is 5.82 Å². The van der Waals surface area contributed by atoms with Crippen LogP contribution in [0.15, 0.2) is 40.8 Å². The number of hydrogen-bond donors (Lipinski definition) is 4. The van der Waals surface area contributed by atoms with Crippen LogP contribution in [0.3, 0.4) is 0 Å². The summed E-state index contributed by atoms with van der Waals surface area (Å²) in [6, 6.07) is 9.30. The third-order valence-corrected chi connectivity index (χ3v) is 7.87. The van der Waals surface area contributed by atoms with Gasteiger partial charge in [0.25, 0.3) is 5.91 Å². The van der Waals surface area contributed by atoms with E-state index in [2.05, 4.69) is 16.0 Å². The van der Waals surface area contributed by atoms with Gasteiger partial charge < -0.3 is 25.5 Å². The molecular weight excluding hydrogens is 567 g/mol. The van der Waals surface area contributed by atoms with Crippen molar-refractivity contribution in [2.75, 3.05) is 37.2 Å². The molecule has 1 atom stereocenters. The Labute approximate surface area is 244 Å². The highest BCUT2D eigenvalue weighted by Crippen LogP contribution is 2.47. The van der Waals surface area contributed by atoms with Crippen LogP contribution in [0.5, 0.6) is 0 Å². The summed E-state index contributed by atoms with van der Waals surface area (Å²) in [5.41, 5.74) is 2.84. The molecule has 0 aliphatic heterocycles. The Morgan fingerprint density at radius 3 is 2.40 bits per heavy atom. The van der Waals surface area contributed by atoms with Crippen LogP contribution in [0.1, 0.15) is 53.9 Å². The van der Waals surface area contributed by atoms with Crippen molar-refractivity contribution in [1.29, 1.82) is 0 Å². The van der Waals surface area contributed by atoms with Gasteiger partial charge in [-0.3, -0.25) is 23.5 Å². The van der Waals surface area contributed by atoms with E-state index in [1.165, 1.54) is 37.6 Å². The van der Waals surface area contributed by atoms with Gasteiger partial charge in [0.05, 0.1) is 17.8 Å². The van der Waals surface area contributed by atoms with Crippen molar-refractivity contribution >= 4 is 51.3 Å². The van der Waals surface area contributed by atoms with Gasteiger partial charge in [0.2, 0.25) is 11.8 Å². The Kier molecular flexibility index (Phi) is 9.94. The van der Waals surface area contributed by atoms with E-state index in [-0.39, 0.29) is 50.7 Å². The molecule has 1 unspecified atom stereocenters. The maximum Gasteiger partial charge on any atom is 0.303 e. The SMILES string of the molecule is CNC(=O)c1c(-c2ccc(F)cc2)oc2cc(N(CCNC(=O)CNC(=O)CCCC(=O)O)S(C)=O)c(C3CC3)cc12. The lowest BCUT2D eigenvalue weighted by atomic mass is 10.0. The number of rotatable bonds is 14. The van der Waals surface area contributed by atoms with Crippen LogP contribution >= 0.6 is 0 Å². The minimum atomic E-state index is -1.48. The van der Waals surface area contributed by atoms with Gasteiger partial charge in [-0.2, -0.15) is 0 Å². The molecule has 2 aromatic carbocycles. The number of furan rings is 1. The topological polar surface area (TPSA) is 158 Å². The quantitative estimate of drug-likeness (QED) is 0.221. The van der Waals surface area contributed by atoms with Gasteiger partial charge in [-0.1, -0.05) is 0 Å². The molecule has 4 N–H and O–H groups in total. The first kappa shape index (κ1) is 30.7. The second-order valence-corrected chi connectivity index (χ2v) is 11.3. The van der Waals surface area contributed by atoms with Crippen molar-refractivity contribution in [3.05, 3.63) is 53.3 Å². The summed E-state index contributed by atoms with van der Waals surface area (Å²) in [7, 11) is 0.0451. The summed E-state index contributed by atoms with van der Waals surface area (Å²) in [6.45, 7) is 0.0691. The van der Waals surface area contributed by atoms with Crippen LogP contribution in [0.25, 0.3) is 22.3 Å². The highest BCUT2D eigenvalue weighted by atomic mass is 32.2. The molecular formula is C29H33FN4O7S. The van der Waals surface area contributed by atoms with Gasteiger partial charge >= 0.3 is 5.97 Å². The van der Waals surface area contributed by atoms with Crippen LogP contribution in [0.4, 0.5) is 10.1 Å². The van der Waals surface area contributed by atoms with Crippen molar-refractivity contribution in [1.82, 2.24) is 16.0 Å². The summed E-state index contributed by atoms with van der Waals surface area (Å²) in [5, 5.41) is 17.1. The Bertz CT molecular complexity index is 1520. The van der Waals surface area contributed by atoms with Crippen LogP contribution in [0.2, 0.25) is 0 Å². The molecule has 1 fully saturated rings. The number of carbonyl (C=O) groups is 4. The largest absolute Gasteiger partial charge is 0.481 e.